The number of sulfonamides is 1. The van der Waals surface area contributed by atoms with E-state index in [2.05, 4.69) is 22.3 Å². The number of anilines is 1. The van der Waals surface area contributed by atoms with Crippen molar-refractivity contribution in [1.29, 1.82) is 0 Å². The van der Waals surface area contributed by atoms with E-state index in [4.69, 9.17) is 0 Å². The molecule has 0 radical (unpaired) electrons. The van der Waals surface area contributed by atoms with Crippen LogP contribution >= 0.6 is 0 Å². The Morgan fingerprint density at radius 3 is 2.14 bits per heavy atom. The van der Waals surface area contributed by atoms with Crippen molar-refractivity contribution in [2.45, 2.75) is 37.2 Å². The summed E-state index contributed by atoms with van der Waals surface area (Å²) in [7, 11) is -4.02. The van der Waals surface area contributed by atoms with Gasteiger partial charge in [-0.2, -0.15) is 0 Å². The van der Waals surface area contributed by atoms with E-state index < -0.39 is 28.3 Å². The highest BCUT2D eigenvalue weighted by Gasteiger charge is 2.27. The second-order valence-corrected chi connectivity index (χ2v) is 10.6. The zero-order valence-electron chi connectivity index (χ0n) is 19.6. The van der Waals surface area contributed by atoms with Crippen LogP contribution in [0.4, 0.5) is 10.1 Å². The lowest BCUT2D eigenvalue weighted by atomic mass is 10.1. The Kier molecular flexibility index (Phi) is 8.15. The molecule has 0 spiro atoms. The molecule has 0 unspecified atom stereocenters. The summed E-state index contributed by atoms with van der Waals surface area (Å²) in [5.74, 6) is -0.940. The molecular formula is C27H30FN3O3S. The van der Waals surface area contributed by atoms with Gasteiger partial charge in [0, 0.05) is 13.1 Å². The fraction of sp³-hybridized carbons (Fsp3) is 0.296. The van der Waals surface area contributed by atoms with Crippen molar-refractivity contribution >= 4 is 21.6 Å². The van der Waals surface area contributed by atoms with Gasteiger partial charge in [-0.15, -0.1) is 0 Å². The molecule has 1 fully saturated rings. The summed E-state index contributed by atoms with van der Waals surface area (Å²) in [6.45, 7) is 3.06. The summed E-state index contributed by atoms with van der Waals surface area (Å²) in [5, 5.41) is 2.81. The monoisotopic (exact) mass is 495 g/mol. The molecule has 3 aromatic rings. The average Bonchev–Trinajstić information content (AvgIpc) is 2.88. The highest BCUT2D eigenvalue weighted by Crippen LogP contribution is 2.23. The van der Waals surface area contributed by atoms with E-state index in [0.717, 1.165) is 29.5 Å². The van der Waals surface area contributed by atoms with Crippen molar-refractivity contribution in [2.75, 3.05) is 23.9 Å². The number of carbonyl (C=O) groups excluding carboxylic acids is 1. The van der Waals surface area contributed by atoms with Crippen LogP contribution < -0.4 is 9.62 Å². The number of nitrogens with one attached hydrogen (secondary N) is 1. The second kappa shape index (κ2) is 11.5. The summed E-state index contributed by atoms with van der Waals surface area (Å²) in [6, 6.07) is 21.0. The maximum Gasteiger partial charge on any atom is 0.264 e. The van der Waals surface area contributed by atoms with Crippen LogP contribution in [-0.4, -0.2) is 38.9 Å². The quantitative estimate of drug-likeness (QED) is 0.480. The molecule has 0 bridgehead atoms. The third-order valence-corrected chi connectivity index (χ3v) is 7.89. The van der Waals surface area contributed by atoms with Crippen LogP contribution in [-0.2, 0) is 27.9 Å². The normalized spacial score (nSPS) is 14.4. The smallest absolute Gasteiger partial charge is 0.264 e. The number of likely N-dealkylation sites (tertiary alicyclic amines) is 1. The molecule has 1 N–H and O–H groups in total. The van der Waals surface area contributed by atoms with E-state index in [9.17, 15) is 17.6 Å². The maximum atomic E-state index is 13.5. The van der Waals surface area contributed by atoms with Gasteiger partial charge in [0.25, 0.3) is 10.0 Å². The van der Waals surface area contributed by atoms with E-state index in [1.165, 1.54) is 61.2 Å². The van der Waals surface area contributed by atoms with Gasteiger partial charge < -0.3 is 5.32 Å². The molecule has 4 rings (SSSR count). The Hall–Kier alpha value is -3.23. The van der Waals surface area contributed by atoms with Crippen LogP contribution in [0.1, 0.15) is 30.4 Å². The molecule has 0 aromatic heterocycles. The van der Waals surface area contributed by atoms with Crippen molar-refractivity contribution in [1.82, 2.24) is 10.2 Å². The van der Waals surface area contributed by atoms with Gasteiger partial charge in [-0.25, -0.2) is 12.8 Å². The first kappa shape index (κ1) is 24.9. The zero-order valence-corrected chi connectivity index (χ0v) is 20.4. The van der Waals surface area contributed by atoms with E-state index in [0.29, 0.717) is 0 Å². The SMILES string of the molecule is O=C(CN(c1ccc(F)cc1)S(=O)(=O)c1ccccc1)NCc1ccc(CN2CCCCC2)cc1. The number of hydrogen-bond donors (Lipinski definition) is 1. The molecule has 0 atom stereocenters. The van der Waals surface area contributed by atoms with Crippen LogP contribution in [0.25, 0.3) is 0 Å². The molecule has 6 nitrogen and oxygen atoms in total. The van der Waals surface area contributed by atoms with Crippen molar-refractivity contribution in [2.24, 2.45) is 0 Å². The molecule has 8 heteroatoms. The first-order valence-electron chi connectivity index (χ1n) is 11.8. The third kappa shape index (κ3) is 6.68. The number of rotatable bonds is 9. The second-order valence-electron chi connectivity index (χ2n) is 8.73. The highest BCUT2D eigenvalue weighted by atomic mass is 32.2. The number of hydrogen-bond acceptors (Lipinski definition) is 4. The highest BCUT2D eigenvalue weighted by molar-refractivity contribution is 7.92. The molecule has 35 heavy (non-hydrogen) atoms. The third-order valence-electron chi connectivity index (χ3n) is 6.10. The maximum absolute atomic E-state index is 13.5. The van der Waals surface area contributed by atoms with Crippen molar-refractivity contribution < 1.29 is 17.6 Å². The molecule has 1 heterocycles. The van der Waals surface area contributed by atoms with Gasteiger partial charge in [-0.1, -0.05) is 48.9 Å². The first-order valence-corrected chi connectivity index (χ1v) is 13.3. The number of carbonyl (C=O) groups is 1. The molecule has 1 aliphatic heterocycles. The van der Waals surface area contributed by atoms with E-state index >= 15 is 0 Å². The minimum Gasteiger partial charge on any atom is -0.350 e. The van der Waals surface area contributed by atoms with Crippen LogP contribution in [0.5, 0.6) is 0 Å². The van der Waals surface area contributed by atoms with Gasteiger partial charge in [-0.05, 0) is 73.5 Å². The fourth-order valence-corrected chi connectivity index (χ4v) is 5.61. The van der Waals surface area contributed by atoms with Crippen LogP contribution in [0, 0.1) is 5.82 Å². The number of halogens is 1. The molecule has 0 aliphatic carbocycles. The summed E-state index contributed by atoms with van der Waals surface area (Å²) in [5.41, 5.74) is 2.38. The number of benzene rings is 3. The number of nitrogens with zero attached hydrogens (tertiary/aromatic N) is 2. The van der Waals surface area contributed by atoms with E-state index in [-0.39, 0.29) is 17.1 Å². The number of piperidine rings is 1. The van der Waals surface area contributed by atoms with Crippen molar-refractivity contribution in [3.63, 3.8) is 0 Å². The van der Waals surface area contributed by atoms with Crippen LogP contribution in [0.2, 0.25) is 0 Å². The Labute approximate surface area is 206 Å². The molecule has 1 amide bonds. The molecule has 184 valence electrons. The van der Waals surface area contributed by atoms with Gasteiger partial charge in [0.15, 0.2) is 0 Å². The minimum atomic E-state index is -4.02. The molecule has 1 saturated heterocycles. The van der Waals surface area contributed by atoms with Crippen LogP contribution in [0.15, 0.2) is 83.8 Å². The largest absolute Gasteiger partial charge is 0.350 e. The van der Waals surface area contributed by atoms with E-state index in [1.807, 2.05) is 12.1 Å². The van der Waals surface area contributed by atoms with Gasteiger partial charge in [-0.3, -0.25) is 14.0 Å². The summed E-state index contributed by atoms with van der Waals surface area (Å²) >= 11 is 0. The molecular weight excluding hydrogens is 465 g/mol. The Bertz CT molecular complexity index is 1210. The Balaban J connectivity index is 1.41. The minimum absolute atomic E-state index is 0.0569. The lowest BCUT2D eigenvalue weighted by Gasteiger charge is -2.26. The number of amides is 1. The summed E-state index contributed by atoms with van der Waals surface area (Å²) in [6.07, 6.45) is 3.80. The standard InChI is InChI=1S/C27H30FN3O3S/c28-24-13-15-25(16-14-24)31(35(33,34)26-7-3-1-4-8-26)21-27(32)29-19-22-9-11-23(12-10-22)20-30-17-5-2-6-18-30/h1,3-4,7-16H,2,5-6,17-21H2,(H,29,32). The van der Waals surface area contributed by atoms with Crippen LogP contribution in [0.3, 0.4) is 0 Å². The summed E-state index contributed by atoms with van der Waals surface area (Å²) < 4.78 is 41.0. The first-order chi connectivity index (χ1) is 16.9. The topological polar surface area (TPSA) is 69.7 Å². The van der Waals surface area contributed by atoms with Crippen molar-refractivity contribution in [3.8, 4) is 0 Å². The predicted octanol–water partition coefficient (Wildman–Crippen LogP) is 4.32. The van der Waals surface area contributed by atoms with Gasteiger partial charge in [0.05, 0.1) is 10.6 Å². The summed E-state index contributed by atoms with van der Waals surface area (Å²) in [4.78, 5) is 15.3. The van der Waals surface area contributed by atoms with E-state index in [1.54, 1.807) is 18.2 Å². The average molecular weight is 496 g/mol. The predicted molar refractivity (Wildman–Crippen MR) is 135 cm³/mol. The van der Waals surface area contributed by atoms with Gasteiger partial charge >= 0.3 is 0 Å². The Morgan fingerprint density at radius 1 is 0.857 bits per heavy atom. The van der Waals surface area contributed by atoms with Crippen molar-refractivity contribution in [3.05, 3.63) is 95.8 Å². The zero-order chi connectivity index (χ0) is 24.7. The fourth-order valence-electron chi connectivity index (χ4n) is 4.17. The molecule has 1 aliphatic rings. The molecule has 3 aromatic carbocycles. The van der Waals surface area contributed by atoms with Gasteiger partial charge in [0.2, 0.25) is 5.91 Å². The Morgan fingerprint density at radius 2 is 1.49 bits per heavy atom. The van der Waals surface area contributed by atoms with Gasteiger partial charge in [0.1, 0.15) is 12.4 Å². The molecule has 0 saturated carbocycles. The lowest BCUT2D eigenvalue weighted by Crippen LogP contribution is -2.40. The lowest BCUT2D eigenvalue weighted by molar-refractivity contribution is -0.119.